The molecule has 0 atom stereocenters. The lowest BCUT2D eigenvalue weighted by Gasteiger charge is -2.04. The molecule has 0 rings (SSSR count). The minimum atomic E-state index is 0.0818. The summed E-state index contributed by atoms with van der Waals surface area (Å²) in [5.74, 6) is 0.738. The molecule has 5 nitrogen and oxygen atoms in total. The fraction of sp³-hybridized carbons (Fsp3) is 1.00. The number of hydrogen-bond donors (Lipinski definition) is 1. The summed E-state index contributed by atoms with van der Waals surface area (Å²) in [6.45, 7) is 2.14. The van der Waals surface area contributed by atoms with E-state index in [9.17, 15) is 5.21 Å². The van der Waals surface area contributed by atoms with Gasteiger partial charge in [-0.15, -0.1) is 11.6 Å². The maximum atomic E-state index is 10.2. The summed E-state index contributed by atoms with van der Waals surface area (Å²) >= 11 is 5.55. The Labute approximate surface area is 102 Å². The van der Waals surface area contributed by atoms with Crippen LogP contribution in [-0.2, 0) is 9.47 Å². The molecule has 0 aliphatic heterocycles. The first-order valence-electron chi connectivity index (χ1n) is 5.64. The highest BCUT2D eigenvalue weighted by atomic mass is 35.5. The molecule has 0 saturated heterocycles. The highest BCUT2D eigenvalue weighted by Crippen LogP contribution is 2.00. The first kappa shape index (κ1) is 15.6. The van der Waals surface area contributed by atoms with Crippen LogP contribution in [0.3, 0.4) is 0 Å². The van der Waals surface area contributed by atoms with Crippen molar-refractivity contribution >= 4 is 11.6 Å². The van der Waals surface area contributed by atoms with Crippen LogP contribution in [-0.4, -0.2) is 43.7 Å². The molecule has 0 fully saturated rings. The Morgan fingerprint density at radius 3 is 2.19 bits per heavy atom. The van der Waals surface area contributed by atoms with Gasteiger partial charge in [0.05, 0.1) is 13.2 Å². The van der Waals surface area contributed by atoms with Gasteiger partial charge in [0.2, 0.25) is 6.54 Å². The lowest BCUT2D eigenvalue weighted by atomic mass is 10.2. The van der Waals surface area contributed by atoms with Gasteiger partial charge in [-0.2, -0.15) is 0 Å². The van der Waals surface area contributed by atoms with Gasteiger partial charge in [0.15, 0.2) is 0 Å². The second-order valence-corrected chi connectivity index (χ2v) is 3.81. The lowest BCUT2D eigenvalue weighted by molar-refractivity contribution is -0.554. The fourth-order valence-electron chi connectivity index (χ4n) is 1.12. The van der Waals surface area contributed by atoms with Gasteiger partial charge in [-0.1, -0.05) is 17.7 Å². The van der Waals surface area contributed by atoms with Crippen LogP contribution in [0.25, 0.3) is 0 Å². The average molecular weight is 253 g/mol. The third kappa shape index (κ3) is 13.6. The summed E-state index contributed by atoms with van der Waals surface area (Å²) in [5.41, 5.74) is 6.56. The summed E-state index contributed by atoms with van der Waals surface area (Å²) in [5, 5.41) is 10.2. The number of ether oxygens (including phenoxy) is 2. The molecule has 0 aliphatic rings. The topological polar surface area (TPSA) is 68.4 Å². The van der Waals surface area contributed by atoms with Crippen LogP contribution in [0.2, 0.25) is 0 Å². The number of rotatable bonds is 12. The normalized spacial score (nSPS) is 10.6. The van der Waals surface area contributed by atoms with Crippen molar-refractivity contribution in [2.45, 2.75) is 25.7 Å². The highest BCUT2D eigenvalue weighted by Gasteiger charge is 1.94. The summed E-state index contributed by atoms with van der Waals surface area (Å²) in [6, 6.07) is 0. The van der Waals surface area contributed by atoms with Crippen LogP contribution in [0, 0.1) is 10.7 Å². The quantitative estimate of drug-likeness (QED) is 0.191. The van der Waals surface area contributed by atoms with E-state index in [0.717, 1.165) is 38.2 Å². The van der Waals surface area contributed by atoms with Gasteiger partial charge in [0.1, 0.15) is 6.61 Å². The minimum Gasteiger partial charge on any atom is -0.600 e. The molecule has 0 radical (unpaired) electrons. The number of alkyl halides is 1. The van der Waals surface area contributed by atoms with Crippen molar-refractivity contribution < 1.29 is 14.3 Å². The minimum absolute atomic E-state index is 0.0818. The van der Waals surface area contributed by atoms with Crippen LogP contribution >= 0.6 is 11.6 Å². The molecule has 0 aromatic heterocycles. The molecule has 0 heterocycles. The zero-order valence-corrected chi connectivity index (χ0v) is 10.4. The van der Waals surface area contributed by atoms with Crippen LogP contribution in [0.15, 0.2) is 0 Å². The number of hydrogen-bond acceptors (Lipinski definition) is 4. The van der Waals surface area contributed by atoms with Gasteiger partial charge < -0.3 is 14.7 Å². The highest BCUT2D eigenvalue weighted by molar-refractivity contribution is 6.17. The predicted octanol–water partition coefficient (Wildman–Crippen LogP) is 2.36. The summed E-state index contributed by atoms with van der Waals surface area (Å²) in [4.78, 5) is 0.109. The largest absolute Gasteiger partial charge is 0.600 e. The number of nitrogens with one attached hydrogen (secondary N) is 1. The van der Waals surface area contributed by atoms with Crippen LogP contribution in [0.4, 0.5) is 0 Å². The van der Waals surface area contributed by atoms with Gasteiger partial charge >= 0.3 is 0 Å². The number of nitrogens with zero attached hydrogens (tertiary/aromatic N) is 1. The molecule has 0 aromatic carbocycles. The van der Waals surface area contributed by atoms with Crippen molar-refractivity contribution in [2.75, 3.05) is 38.9 Å². The third-order valence-corrected chi connectivity index (χ3v) is 2.25. The van der Waals surface area contributed by atoms with Crippen molar-refractivity contribution in [1.29, 1.82) is 5.53 Å². The lowest BCUT2D eigenvalue weighted by Crippen LogP contribution is -2.12. The van der Waals surface area contributed by atoms with Gasteiger partial charge in [0, 0.05) is 12.5 Å². The molecular formula is C10H21ClN2O3. The van der Waals surface area contributed by atoms with Gasteiger partial charge in [-0.25, -0.2) is 0 Å². The Morgan fingerprint density at radius 1 is 0.938 bits per heavy atom. The molecule has 0 amide bonds. The van der Waals surface area contributed by atoms with Crippen molar-refractivity contribution in [1.82, 2.24) is 0 Å². The molecule has 16 heavy (non-hydrogen) atoms. The standard InChI is InChI=1S/C10H21ClN2O3/c11-5-3-1-2-4-7-15-9-10-16-8-6-13(12)14/h12H,1-10H2. The molecule has 6 heteroatoms. The molecule has 0 bridgehead atoms. The average Bonchev–Trinajstić information content (AvgIpc) is 2.25. The summed E-state index contributed by atoms with van der Waals surface area (Å²) < 4.78 is 10.4. The smallest absolute Gasteiger partial charge is 0.203 e. The van der Waals surface area contributed by atoms with Gasteiger partial charge in [0.25, 0.3) is 0 Å². The van der Waals surface area contributed by atoms with E-state index in [-0.39, 0.29) is 18.0 Å². The van der Waals surface area contributed by atoms with Crippen molar-refractivity contribution in [3.63, 3.8) is 0 Å². The summed E-state index contributed by atoms with van der Waals surface area (Å²) in [6.07, 6.45) is 4.44. The van der Waals surface area contributed by atoms with E-state index in [4.69, 9.17) is 26.6 Å². The van der Waals surface area contributed by atoms with E-state index in [0.29, 0.717) is 13.2 Å². The van der Waals surface area contributed by atoms with Crippen LogP contribution < -0.4 is 0 Å². The maximum Gasteiger partial charge on any atom is 0.203 e. The fourth-order valence-corrected chi connectivity index (χ4v) is 1.31. The van der Waals surface area contributed by atoms with Crippen molar-refractivity contribution in [3.05, 3.63) is 5.21 Å². The maximum absolute atomic E-state index is 10.2. The van der Waals surface area contributed by atoms with E-state index in [2.05, 4.69) is 0 Å². The molecule has 0 spiro atoms. The monoisotopic (exact) mass is 252 g/mol. The number of hydroxylamine groups is 1. The Kier molecular flexibility index (Phi) is 12.4. The second-order valence-electron chi connectivity index (χ2n) is 3.43. The Morgan fingerprint density at radius 2 is 1.56 bits per heavy atom. The van der Waals surface area contributed by atoms with E-state index >= 15 is 0 Å². The van der Waals surface area contributed by atoms with Gasteiger partial charge in [-0.05, 0) is 18.4 Å². The Bertz CT molecular complexity index is 170. The second kappa shape index (κ2) is 12.7. The predicted molar refractivity (Wildman–Crippen MR) is 62.0 cm³/mol. The zero-order chi connectivity index (χ0) is 12.1. The molecule has 0 unspecified atom stereocenters. The van der Waals surface area contributed by atoms with Crippen molar-refractivity contribution in [3.8, 4) is 0 Å². The molecular weight excluding hydrogens is 232 g/mol. The zero-order valence-electron chi connectivity index (χ0n) is 9.62. The van der Waals surface area contributed by atoms with Crippen molar-refractivity contribution in [2.24, 2.45) is 0 Å². The number of unbranched alkanes of at least 4 members (excludes halogenated alkanes) is 3. The Balaban J connectivity index is 2.90. The molecule has 96 valence electrons. The van der Waals surface area contributed by atoms with Crippen LogP contribution in [0.1, 0.15) is 25.7 Å². The van der Waals surface area contributed by atoms with E-state index in [1.807, 2.05) is 0 Å². The third-order valence-electron chi connectivity index (χ3n) is 1.98. The van der Waals surface area contributed by atoms with E-state index in [1.54, 1.807) is 0 Å². The summed E-state index contributed by atoms with van der Waals surface area (Å²) in [7, 11) is 0. The van der Waals surface area contributed by atoms with Gasteiger partial charge in [-0.3, -0.25) is 0 Å². The first-order valence-corrected chi connectivity index (χ1v) is 6.18. The van der Waals surface area contributed by atoms with E-state index < -0.39 is 0 Å². The molecule has 0 aromatic rings. The molecule has 1 N–H and O–H groups in total. The molecule has 0 saturated carbocycles. The SMILES string of the molecule is N=[N+]([O-])CCOCCOCCCCCCCl. The van der Waals surface area contributed by atoms with E-state index in [1.165, 1.54) is 0 Å². The molecule has 0 aliphatic carbocycles. The van der Waals surface area contributed by atoms with Crippen LogP contribution in [0.5, 0.6) is 0 Å². The first-order chi connectivity index (χ1) is 7.77. The number of halogens is 1. The Hall–Kier alpha value is -0.390.